The van der Waals surface area contributed by atoms with Gasteiger partial charge in [0.2, 0.25) is 0 Å². The summed E-state index contributed by atoms with van der Waals surface area (Å²) < 4.78 is 79.5. The Labute approximate surface area is 164 Å². The van der Waals surface area contributed by atoms with E-state index in [4.69, 9.17) is 5.73 Å². The highest BCUT2D eigenvalue weighted by molar-refractivity contribution is 5.64. The topological polar surface area (TPSA) is 78.7 Å². The molecule has 1 aromatic carbocycles. The Morgan fingerprint density at radius 1 is 1.13 bits per heavy atom. The van der Waals surface area contributed by atoms with Crippen LogP contribution in [0, 0.1) is 5.82 Å². The van der Waals surface area contributed by atoms with Gasteiger partial charge in [0.05, 0.1) is 12.2 Å². The molecule has 0 fully saturated rings. The fraction of sp³-hybridized carbons (Fsp3) is 0.167. The Hall–Kier alpha value is -3.41. The normalized spacial score (nSPS) is 11.6. The zero-order chi connectivity index (χ0) is 22.1. The number of hydrogen-bond acceptors (Lipinski definition) is 4. The van der Waals surface area contributed by atoms with Crippen LogP contribution in [0.4, 0.5) is 26.3 Å². The van der Waals surface area contributed by atoms with Crippen LogP contribution in [0.15, 0.2) is 59.3 Å². The monoisotopic (exact) mass is 429 g/mol. The highest BCUT2D eigenvalue weighted by atomic mass is 19.4. The second-order valence-corrected chi connectivity index (χ2v) is 6.10. The smallest absolute Gasteiger partial charge is 0.327 e. The third kappa shape index (κ3) is 4.27. The van der Waals surface area contributed by atoms with Gasteiger partial charge in [0.25, 0.3) is 6.08 Å². The summed E-state index contributed by atoms with van der Waals surface area (Å²) in [5.41, 5.74) is 2.94. The lowest BCUT2D eigenvalue weighted by Crippen LogP contribution is -2.26. The van der Waals surface area contributed by atoms with Gasteiger partial charge in [-0.3, -0.25) is 4.98 Å². The Kier molecular flexibility index (Phi) is 5.78. The molecule has 0 saturated carbocycles. The van der Waals surface area contributed by atoms with Gasteiger partial charge >= 0.3 is 11.9 Å². The summed E-state index contributed by atoms with van der Waals surface area (Å²) in [6.07, 6.45) is -4.72. The van der Waals surface area contributed by atoms with Crippen molar-refractivity contribution in [1.82, 2.24) is 19.3 Å². The van der Waals surface area contributed by atoms with Gasteiger partial charge in [-0.25, -0.2) is 18.4 Å². The van der Waals surface area contributed by atoms with E-state index in [1.165, 1.54) is 12.1 Å². The number of rotatable bonds is 5. The molecule has 0 spiro atoms. The third-order valence-corrected chi connectivity index (χ3v) is 4.18. The molecule has 12 heteroatoms. The van der Waals surface area contributed by atoms with E-state index >= 15 is 0 Å². The fourth-order valence-corrected chi connectivity index (χ4v) is 2.61. The molecule has 0 radical (unpaired) electrons. The summed E-state index contributed by atoms with van der Waals surface area (Å²) in [5, 5.41) is 3.71. The van der Waals surface area contributed by atoms with Crippen molar-refractivity contribution in [3.8, 4) is 16.8 Å². The van der Waals surface area contributed by atoms with Crippen molar-refractivity contribution in [2.45, 2.75) is 12.7 Å². The maximum atomic E-state index is 14.5. The predicted octanol–water partition coefficient (Wildman–Crippen LogP) is 3.36. The molecule has 2 aromatic heterocycles. The zero-order valence-corrected chi connectivity index (χ0v) is 15.0. The summed E-state index contributed by atoms with van der Waals surface area (Å²) in [5.74, 6) is -0.828. The first-order valence-corrected chi connectivity index (χ1v) is 8.33. The standard InChI is InChI=1S/C18H13F6N5O/c19-14-5-12(28-9-27-29(17(28)30)8-11(6-25)16(20)21)2-3-13(14)10-1-4-15(26-7-10)18(22,23)24/h1-5,7,9H,6,8,25H2. The molecular formula is C18H13F6N5O. The highest BCUT2D eigenvalue weighted by Gasteiger charge is 2.32. The van der Waals surface area contributed by atoms with Crippen molar-refractivity contribution in [2.75, 3.05) is 6.54 Å². The molecule has 2 N–H and O–H groups in total. The van der Waals surface area contributed by atoms with E-state index in [-0.39, 0.29) is 16.8 Å². The molecule has 0 atom stereocenters. The quantitative estimate of drug-likeness (QED) is 0.631. The van der Waals surface area contributed by atoms with Gasteiger partial charge in [0.1, 0.15) is 17.8 Å². The molecule has 0 aliphatic rings. The Balaban J connectivity index is 1.91. The van der Waals surface area contributed by atoms with E-state index in [0.29, 0.717) is 0 Å². The molecule has 2 heterocycles. The lowest BCUT2D eigenvalue weighted by atomic mass is 10.1. The minimum Gasteiger partial charge on any atom is -0.327 e. The minimum atomic E-state index is -4.62. The summed E-state index contributed by atoms with van der Waals surface area (Å²) in [6.45, 7) is -0.991. The summed E-state index contributed by atoms with van der Waals surface area (Å²) in [4.78, 5) is 15.6. The lowest BCUT2D eigenvalue weighted by molar-refractivity contribution is -0.141. The van der Waals surface area contributed by atoms with E-state index < -0.39 is 48.1 Å². The van der Waals surface area contributed by atoms with Crippen LogP contribution < -0.4 is 11.4 Å². The van der Waals surface area contributed by atoms with Crippen LogP contribution in [0.3, 0.4) is 0 Å². The zero-order valence-electron chi connectivity index (χ0n) is 15.0. The van der Waals surface area contributed by atoms with Gasteiger partial charge in [-0.2, -0.15) is 27.1 Å². The molecule has 158 valence electrons. The van der Waals surface area contributed by atoms with Gasteiger partial charge in [0.15, 0.2) is 0 Å². The molecular weight excluding hydrogens is 416 g/mol. The van der Waals surface area contributed by atoms with E-state index in [1.807, 2.05) is 0 Å². The van der Waals surface area contributed by atoms with E-state index in [2.05, 4.69) is 10.1 Å². The summed E-state index contributed by atoms with van der Waals surface area (Å²) in [7, 11) is 0. The second kappa shape index (κ2) is 8.14. The first kappa shape index (κ1) is 21.3. The SMILES string of the molecule is NCC(Cn1ncn(-c2ccc(-c3ccc(C(F)(F)F)nc3)c(F)c2)c1=O)=C(F)F. The molecule has 30 heavy (non-hydrogen) atoms. The average molecular weight is 429 g/mol. The first-order chi connectivity index (χ1) is 14.1. The Morgan fingerprint density at radius 2 is 1.87 bits per heavy atom. The third-order valence-electron chi connectivity index (χ3n) is 4.18. The van der Waals surface area contributed by atoms with Crippen molar-refractivity contribution in [2.24, 2.45) is 5.73 Å². The molecule has 0 amide bonds. The summed E-state index contributed by atoms with van der Waals surface area (Å²) >= 11 is 0. The maximum Gasteiger partial charge on any atom is 0.433 e. The van der Waals surface area contributed by atoms with Crippen LogP contribution in [-0.2, 0) is 12.7 Å². The van der Waals surface area contributed by atoms with Gasteiger partial charge < -0.3 is 5.73 Å². The molecule has 0 aliphatic carbocycles. The van der Waals surface area contributed by atoms with E-state index in [0.717, 1.165) is 40.0 Å². The molecule has 0 unspecified atom stereocenters. The van der Waals surface area contributed by atoms with Gasteiger partial charge in [-0.05, 0) is 24.3 Å². The number of pyridine rings is 1. The van der Waals surface area contributed by atoms with Crippen molar-refractivity contribution in [3.63, 3.8) is 0 Å². The van der Waals surface area contributed by atoms with Crippen molar-refractivity contribution in [3.05, 3.63) is 76.5 Å². The van der Waals surface area contributed by atoms with Crippen LogP contribution in [0.5, 0.6) is 0 Å². The fourth-order valence-electron chi connectivity index (χ4n) is 2.61. The number of alkyl halides is 3. The Bertz CT molecular complexity index is 1140. The largest absolute Gasteiger partial charge is 0.433 e. The Morgan fingerprint density at radius 3 is 2.40 bits per heavy atom. The maximum absolute atomic E-state index is 14.5. The molecule has 3 aromatic rings. The van der Waals surface area contributed by atoms with Crippen LogP contribution in [-0.4, -0.2) is 25.9 Å². The van der Waals surface area contributed by atoms with Gasteiger partial charge in [0, 0.05) is 29.4 Å². The van der Waals surface area contributed by atoms with Crippen LogP contribution >= 0.6 is 0 Å². The van der Waals surface area contributed by atoms with E-state index in [9.17, 15) is 31.1 Å². The number of nitrogens with two attached hydrogens (primary N) is 1. The number of nitrogens with zero attached hydrogens (tertiary/aromatic N) is 4. The first-order valence-electron chi connectivity index (χ1n) is 8.33. The van der Waals surface area contributed by atoms with Crippen LogP contribution in [0.25, 0.3) is 16.8 Å². The summed E-state index contributed by atoms with van der Waals surface area (Å²) in [6, 6.07) is 5.36. The van der Waals surface area contributed by atoms with Gasteiger partial charge in [-0.15, -0.1) is 0 Å². The second-order valence-electron chi connectivity index (χ2n) is 6.10. The number of benzene rings is 1. The van der Waals surface area contributed by atoms with Crippen molar-refractivity contribution >= 4 is 0 Å². The molecule has 0 bridgehead atoms. The molecule has 0 aliphatic heterocycles. The molecule has 0 saturated heterocycles. The number of hydrogen-bond donors (Lipinski definition) is 1. The predicted molar refractivity (Wildman–Crippen MR) is 94.3 cm³/mol. The van der Waals surface area contributed by atoms with Gasteiger partial charge in [-0.1, -0.05) is 6.07 Å². The highest BCUT2D eigenvalue weighted by Crippen LogP contribution is 2.30. The average Bonchev–Trinajstić information content (AvgIpc) is 3.05. The number of halogens is 6. The van der Waals surface area contributed by atoms with Crippen LogP contribution in [0.2, 0.25) is 0 Å². The number of aromatic nitrogens is 4. The van der Waals surface area contributed by atoms with E-state index in [1.54, 1.807) is 0 Å². The lowest BCUT2D eigenvalue weighted by Gasteiger charge is -2.09. The molecule has 3 rings (SSSR count). The van der Waals surface area contributed by atoms with Crippen LogP contribution in [0.1, 0.15) is 5.69 Å². The minimum absolute atomic E-state index is 0.0340. The molecule has 6 nitrogen and oxygen atoms in total. The van der Waals surface area contributed by atoms with Crippen molar-refractivity contribution in [1.29, 1.82) is 0 Å². The van der Waals surface area contributed by atoms with Crippen molar-refractivity contribution < 1.29 is 26.3 Å².